The molecule has 0 radical (unpaired) electrons. The van der Waals surface area contributed by atoms with Gasteiger partial charge >= 0.3 is 5.97 Å². The summed E-state index contributed by atoms with van der Waals surface area (Å²) in [7, 11) is 0. The van der Waals surface area contributed by atoms with Gasteiger partial charge in [-0.1, -0.05) is 29.8 Å². The molecule has 1 unspecified atom stereocenters. The van der Waals surface area contributed by atoms with E-state index in [-0.39, 0.29) is 6.04 Å². The zero-order chi connectivity index (χ0) is 13.8. The zero-order valence-corrected chi connectivity index (χ0v) is 11.8. The van der Waals surface area contributed by atoms with Gasteiger partial charge in [-0.05, 0) is 31.5 Å². The molecule has 0 spiro atoms. The molecule has 19 heavy (non-hydrogen) atoms. The van der Waals surface area contributed by atoms with Crippen LogP contribution in [-0.2, 0) is 6.54 Å². The second kappa shape index (κ2) is 5.99. The molecule has 3 nitrogen and oxygen atoms in total. The molecule has 1 heterocycles. The van der Waals surface area contributed by atoms with Crippen molar-refractivity contribution < 1.29 is 9.90 Å². The molecule has 0 saturated carbocycles. The van der Waals surface area contributed by atoms with Crippen LogP contribution in [0.4, 0.5) is 0 Å². The van der Waals surface area contributed by atoms with E-state index in [1.165, 1.54) is 22.5 Å². The van der Waals surface area contributed by atoms with Crippen LogP contribution in [0.15, 0.2) is 36.4 Å². The van der Waals surface area contributed by atoms with Crippen molar-refractivity contribution in [2.45, 2.75) is 26.4 Å². The van der Waals surface area contributed by atoms with Gasteiger partial charge in [-0.25, -0.2) is 4.79 Å². The van der Waals surface area contributed by atoms with Gasteiger partial charge in [0.1, 0.15) is 4.88 Å². The third kappa shape index (κ3) is 3.66. The summed E-state index contributed by atoms with van der Waals surface area (Å²) in [6, 6.07) is 12.2. The molecule has 2 aromatic rings. The molecule has 0 bridgehead atoms. The highest BCUT2D eigenvalue weighted by atomic mass is 32.1. The number of aryl methyl sites for hydroxylation is 1. The van der Waals surface area contributed by atoms with Crippen molar-refractivity contribution in [2.75, 3.05) is 0 Å². The second-order valence-electron chi connectivity index (χ2n) is 4.58. The fourth-order valence-corrected chi connectivity index (χ4v) is 2.61. The molecule has 1 aromatic carbocycles. The molecule has 0 aliphatic heterocycles. The first-order valence-electron chi connectivity index (χ1n) is 6.18. The number of thiophene rings is 1. The van der Waals surface area contributed by atoms with Crippen LogP contribution in [0.2, 0.25) is 0 Å². The molecule has 2 rings (SSSR count). The Bertz CT molecular complexity index is 560. The number of carboxylic acids is 1. The minimum Gasteiger partial charge on any atom is -0.477 e. The van der Waals surface area contributed by atoms with Crippen molar-refractivity contribution in [3.05, 3.63) is 57.3 Å². The van der Waals surface area contributed by atoms with Gasteiger partial charge in [0.05, 0.1) is 0 Å². The van der Waals surface area contributed by atoms with Crippen LogP contribution in [0.5, 0.6) is 0 Å². The van der Waals surface area contributed by atoms with E-state index in [9.17, 15) is 4.79 Å². The molecule has 2 N–H and O–H groups in total. The van der Waals surface area contributed by atoms with Crippen molar-refractivity contribution in [3.63, 3.8) is 0 Å². The lowest BCUT2D eigenvalue weighted by Gasteiger charge is -2.13. The van der Waals surface area contributed by atoms with Gasteiger partial charge in [0.2, 0.25) is 0 Å². The number of hydrogen-bond acceptors (Lipinski definition) is 3. The van der Waals surface area contributed by atoms with Gasteiger partial charge in [-0.3, -0.25) is 0 Å². The van der Waals surface area contributed by atoms with Crippen LogP contribution < -0.4 is 5.32 Å². The van der Waals surface area contributed by atoms with Crippen LogP contribution in [0.3, 0.4) is 0 Å². The summed E-state index contributed by atoms with van der Waals surface area (Å²) in [6.45, 7) is 4.87. The molecular weight excluding hydrogens is 258 g/mol. The average Bonchev–Trinajstić information content (AvgIpc) is 2.86. The lowest BCUT2D eigenvalue weighted by atomic mass is 10.1. The Balaban J connectivity index is 1.94. The summed E-state index contributed by atoms with van der Waals surface area (Å²) in [4.78, 5) is 12.2. The Hall–Kier alpha value is -1.65. The highest BCUT2D eigenvalue weighted by molar-refractivity contribution is 7.13. The zero-order valence-electron chi connectivity index (χ0n) is 11.0. The van der Waals surface area contributed by atoms with Crippen molar-refractivity contribution >= 4 is 17.3 Å². The first-order valence-corrected chi connectivity index (χ1v) is 7.00. The molecule has 0 saturated heterocycles. The summed E-state index contributed by atoms with van der Waals surface area (Å²) in [6.07, 6.45) is 0. The molecule has 100 valence electrons. The van der Waals surface area contributed by atoms with Crippen molar-refractivity contribution in [3.8, 4) is 0 Å². The van der Waals surface area contributed by atoms with Crippen LogP contribution >= 0.6 is 11.3 Å². The summed E-state index contributed by atoms with van der Waals surface area (Å²) >= 11 is 1.32. The quantitative estimate of drug-likeness (QED) is 0.876. The van der Waals surface area contributed by atoms with E-state index in [0.717, 1.165) is 4.88 Å². The van der Waals surface area contributed by atoms with E-state index < -0.39 is 5.97 Å². The Morgan fingerprint density at radius 2 is 1.95 bits per heavy atom. The number of nitrogens with one attached hydrogen (secondary N) is 1. The fourth-order valence-electron chi connectivity index (χ4n) is 1.81. The molecular formula is C15H17NO2S. The molecule has 1 atom stereocenters. The number of carbonyl (C=O) groups is 1. The van der Waals surface area contributed by atoms with Crippen LogP contribution in [0.1, 0.15) is 38.6 Å². The molecule has 1 aromatic heterocycles. The Morgan fingerprint density at radius 3 is 2.53 bits per heavy atom. The summed E-state index contributed by atoms with van der Waals surface area (Å²) in [5.41, 5.74) is 2.49. The van der Waals surface area contributed by atoms with E-state index in [1.54, 1.807) is 6.07 Å². The SMILES string of the molecule is Cc1ccc(C(C)NCc2ccc(C(=O)O)s2)cc1. The molecule has 4 heteroatoms. The lowest BCUT2D eigenvalue weighted by Crippen LogP contribution is -2.17. The number of benzene rings is 1. The van der Waals surface area contributed by atoms with E-state index in [4.69, 9.17) is 5.11 Å². The third-order valence-electron chi connectivity index (χ3n) is 3.03. The first kappa shape index (κ1) is 13.8. The lowest BCUT2D eigenvalue weighted by molar-refractivity contribution is 0.0702. The first-order chi connectivity index (χ1) is 9.06. The largest absolute Gasteiger partial charge is 0.477 e. The maximum atomic E-state index is 10.8. The van der Waals surface area contributed by atoms with Gasteiger partial charge < -0.3 is 10.4 Å². The van der Waals surface area contributed by atoms with Gasteiger partial charge in [0.25, 0.3) is 0 Å². The smallest absolute Gasteiger partial charge is 0.345 e. The number of rotatable bonds is 5. The second-order valence-corrected chi connectivity index (χ2v) is 5.75. The minimum atomic E-state index is -0.858. The normalized spacial score (nSPS) is 12.3. The highest BCUT2D eigenvalue weighted by Crippen LogP contribution is 2.18. The number of carboxylic acid groups (broad SMARTS) is 1. The van der Waals surface area contributed by atoms with Crippen molar-refractivity contribution in [1.82, 2.24) is 5.32 Å². The fraction of sp³-hybridized carbons (Fsp3) is 0.267. The summed E-state index contributed by atoms with van der Waals surface area (Å²) < 4.78 is 0. The number of hydrogen-bond donors (Lipinski definition) is 2. The van der Waals surface area contributed by atoms with Crippen LogP contribution in [0.25, 0.3) is 0 Å². The van der Waals surface area contributed by atoms with Gasteiger partial charge in [0.15, 0.2) is 0 Å². The predicted octanol–water partition coefficient (Wildman–Crippen LogP) is 3.61. The van der Waals surface area contributed by atoms with E-state index >= 15 is 0 Å². The maximum Gasteiger partial charge on any atom is 0.345 e. The Morgan fingerprint density at radius 1 is 1.26 bits per heavy atom. The monoisotopic (exact) mass is 275 g/mol. The van der Waals surface area contributed by atoms with Gasteiger partial charge in [-0.2, -0.15) is 0 Å². The van der Waals surface area contributed by atoms with Crippen LogP contribution in [-0.4, -0.2) is 11.1 Å². The molecule has 0 aliphatic rings. The van der Waals surface area contributed by atoms with Gasteiger partial charge in [-0.15, -0.1) is 11.3 Å². The minimum absolute atomic E-state index is 0.246. The highest BCUT2D eigenvalue weighted by Gasteiger charge is 2.08. The van der Waals surface area contributed by atoms with Crippen molar-refractivity contribution in [1.29, 1.82) is 0 Å². The summed E-state index contributed by atoms with van der Waals surface area (Å²) in [5, 5.41) is 12.3. The number of aromatic carboxylic acids is 1. The van der Waals surface area contributed by atoms with Crippen LogP contribution in [0, 0.1) is 6.92 Å². The predicted molar refractivity (Wildman–Crippen MR) is 77.7 cm³/mol. The van der Waals surface area contributed by atoms with E-state index in [2.05, 4.69) is 43.4 Å². The molecule has 0 aliphatic carbocycles. The molecule has 0 fully saturated rings. The van der Waals surface area contributed by atoms with Crippen molar-refractivity contribution in [2.24, 2.45) is 0 Å². The topological polar surface area (TPSA) is 49.3 Å². The van der Waals surface area contributed by atoms with E-state index in [0.29, 0.717) is 11.4 Å². The standard InChI is InChI=1S/C15H17NO2S/c1-10-3-5-12(6-4-10)11(2)16-9-13-7-8-14(19-13)15(17)18/h3-8,11,16H,9H2,1-2H3,(H,17,18). The molecule has 0 amide bonds. The summed E-state index contributed by atoms with van der Waals surface area (Å²) in [5.74, 6) is -0.858. The Kier molecular flexibility index (Phi) is 4.35. The third-order valence-corrected chi connectivity index (χ3v) is 4.11. The maximum absolute atomic E-state index is 10.8. The average molecular weight is 275 g/mol. The van der Waals surface area contributed by atoms with E-state index in [1.807, 2.05) is 6.07 Å². The Labute approximate surface area is 116 Å². The van der Waals surface area contributed by atoms with Gasteiger partial charge in [0, 0.05) is 17.5 Å².